The topological polar surface area (TPSA) is 82.7 Å². The third-order valence-corrected chi connectivity index (χ3v) is 4.06. The Hall–Kier alpha value is -2.94. The van der Waals surface area contributed by atoms with Gasteiger partial charge >= 0.3 is 6.18 Å². The van der Waals surface area contributed by atoms with Crippen LogP contribution >= 0.6 is 0 Å². The Balaban J connectivity index is 1.68. The zero-order valence-electron chi connectivity index (χ0n) is 12.7. The lowest BCUT2D eigenvalue weighted by atomic mass is 10.1. The van der Waals surface area contributed by atoms with Crippen molar-refractivity contribution in [2.24, 2.45) is 0 Å². The molecule has 9 heteroatoms. The first-order valence-corrected chi connectivity index (χ1v) is 7.47. The summed E-state index contributed by atoms with van der Waals surface area (Å²) in [6, 6.07) is 6.12. The number of aromatic nitrogens is 3. The summed E-state index contributed by atoms with van der Waals surface area (Å²) in [5.74, 6) is -0.715. The maximum Gasteiger partial charge on any atom is 0.417 e. The molecule has 128 valence electrons. The number of alkyl halides is 3. The second-order valence-electron chi connectivity index (χ2n) is 5.73. The molecule has 0 saturated heterocycles. The van der Waals surface area contributed by atoms with Gasteiger partial charge in [0.2, 0.25) is 0 Å². The van der Waals surface area contributed by atoms with Crippen LogP contribution in [-0.4, -0.2) is 21.1 Å². The Morgan fingerprint density at radius 3 is 2.76 bits per heavy atom. The van der Waals surface area contributed by atoms with Gasteiger partial charge in [0.1, 0.15) is 5.69 Å². The van der Waals surface area contributed by atoms with Crippen molar-refractivity contribution < 1.29 is 18.0 Å². The lowest BCUT2D eigenvalue weighted by molar-refractivity contribution is -0.136. The van der Waals surface area contributed by atoms with Crippen LogP contribution in [0.5, 0.6) is 0 Å². The van der Waals surface area contributed by atoms with E-state index in [0.717, 1.165) is 29.9 Å². The lowest BCUT2D eigenvalue weighted by Gasteiger charge is -2.10. The number of aromatic amines is 1. The number of halogens is 3. The van der Waals surface area contributed by atoms with Crippen LogP contribution in [0.25, 0.3) is 11.0 Å². The normalized spacial score (nSPS) is 13.9. The molecule has 0 bridgehead atoms. The Kier molecular flexibility index (Phi) is 3.46. The molecule has 25 heavy (non-hydrogen) atoms. The number of benzene rings is 1. The van der Waals surface area contributed by atoms with E-state index in [1.807, 2.05) is 6.07 Å². The molecule has 1 amide bonds. The molecule has 0 unspecified atom stereocenters. The van der Waals surface area contributed by atoms with Gasteiger partial charge in [-0.2, -0.15) is 18.3 Å². The van der Waals surface area contributed by atoms with Crippen LogP contribution in [0.3, 0.4) is 0 Å². The van der Waals surface area contributed by atoms with E-state index in [-0.39, 0.29) is 16.7 Å². The van der Waals surface area contributed by atoms with Gasteiger partial charge in [-0.15, -0.1) is 0 Å². The zero-order chi connectivity index (χ0) is 17.6. The molecule has 0 atom stereocenters. The van der Waals surface area contributed by atoms with Crippen molar-refractivity contribution in [3.8, 4) is 0 Å². The van der Waals surface area contributed by atoms with Crippen LogP contribution in [-0.2, 0) is 19.3 Å². The number of carbonyl (C=O) groups is 1. The van der Waals surface area contributed by atoms with E-state index in [1.165, 1.54) is 0 Å². The summed E-state index contributed by atoms with van der Waals surface area (Å²) in [5, 5.41) is 11.5. The van der Waals surface area contributed by atoms with E-state index >= 15 is 0 Å². The third kappa shape index (κ3) is 2.82. The number of anilines is 1. The highest BCUT2D eigenvalue weighted by Gasteiger charge is 2.34. The van der Waals surface area contributed by atoms with Crippen LogP contribution in [0.4, 0.5) is 18.9 Å². The van der Waals surface area contributed by atoms with Crippen LogP contribution < -0.4 is 10.6 Å². The number of H-pyrrole nitrogens is 1. The summed E-state index contributed by atoms with van der Waals surface area (Å²) in [5.41, 5.74) is 1.32. The van der Waals surface area contributed by atoms with Gasteiger partial charge in [0.15, 0.2) is 5.65 Å². The van der Waals surface area contributed by atoms with Gasteiger partial charge in [-0.3, -0.25) is 9.89 Å². The largest absolute Gasteiger partial charge is 0.417 e. The Labute approximate surface area is 139 Å². The molecule has 0 aliphatic carbocycles. The average Bonchev–Trinajstić information content (AvgIpc) is 3.21. The van der Waals surface area contributed by atoms with Crippen LogP contribution in [0.1, 0.15) is 27.2 Å². The molecule has 4 rings (SSSR count). The molecule has 3 N–H and O–H groups in total. The molecule has 0 radical (unpaired) electrons. The van der Waals surface area contributed by atoms with Crippen LogP contribution in [0.2, 0.25) is 0 Å². The first-order valence-electron chi connectivity index (χ1n) is 7.47. The standard InChI is InChI=1S/C16H12F3N5O/c17-16(18,19)12-4-13(23-14-11(12)7-21-24-14)15(25)22-10-2-1-8-5-20-6-9(8)3-10/h1-4,7,20H,5-6H2,(H,22,25)(H,21,23,24). The fourth-order valence-electron chi connectivity index (χ4n) is 2.85. The third-order valence-electron chi connectivity index (χ3n) is 4.06. The highest BCUT2D eigenvalue weighted by atomic mass is 19.4. The maximum absolute atomic E-state index is 13.2. The van der Waals surface area contributed by atoms with Crippen molar-refractivity contribution >= 4 is 22.6 Å². The number of amides is 1. The molecular formula is C16H12F3N5O. The smallest absolute Gasteiger partial charge is 0.321 e. The molecule has 3 heterocycles. The van der Waals surface area contributed by atoms with E-state index in [9.17, 15) is 18.0 Å². The Morgan fingerprint density at radius 2 is 1.96 bits per heavy atom. The van der Waals surface area contributed by atoms with E-state index in [1.54, 1.807) is 12.1 Å². The van der Waals surface area contributed by atoms with Crippen molar-refractivity contribution in [2.45, 2.75) is 19.3 Å². The minimum Gasteiger partial charge on any atom is -0.321 e. The lowest BCUT2D eigenvalue weighted by Crippen LogP contribution is -2.16. The highest BCUT2D eigenvalue weighted by molar-refractivity contribution is 6.04. The minimum absolute atomic E-state index is 0.0851. The van der Waals surface area contributed by atoms with Crippen molar-refractivity contribution in [3.63, 3.8) is 0 Å². The summed E-state index contributed by atoms with van der Waals surface area (Å²) < 4.78 is 39.6. The molecule has 3 aromatic rings. The van der Waals surface area contributed by atoms with Gasteiger partial charge < -0.3 is 10.6 Å². The van der Waals surface area contributed by atoms with Crippen LogP contribution in [0.15, 0.2) is 30.5 Å². The maximum atomic E-state index is 13.2. The minimum atomic E-state index is -4.61. The molecular weight excluding hydrogens is 335 g/mol. The fraction of sp³-hybridized carbons (Fsp3) is 0.188. The number of pyridine rings is 1. The van der Waals surface area contributed by atoms with Gasteiger partial charge in [0.05, 0.1) is 17.1 Å². The number of hydrogen-bond acceptors (Lipinski definition) is 4. The summed E-state index contributed by atoms with van der Waals surface area (Å²) >= 11 is 0. The molecule has 1 aromatic carbocycles. The number of hydrogen-bond donors (Lipinski definition) is 3. The second kappa shape index (κ2) is 5.55. The predicted octanol–water partition coefficient (Wildman–Crippen LogP) is 2.83. The molecule has 1 aliphatic rings. The second-order valence-corrected chi connectivity index (χ2v) is 5.73. The van der Waals surface area contributed by atoms with E-state index in [2.05, 4.69) is 25.8 Å². The van der Waals surface area contributed by atoms with E-state index in [4.69, 9.17) is 0 Å². The van der Waals surface area contributed by atoms with Gasteiger partial charge in [-0.05, 0) is 29.3 Å². The van der Waals surface area contributed by atoms with Crippen molar-refractivity contribution in [3.05, 3.63) is 52.8 Å². The first-order chi connectivity index (χ1) is 11.9. The average molecular weight is 347 g/mol. The molecule has 0 spiro atoms. The number of fused-ring (bicyclic) bond motifs is 2. The zero-order valence-corrected chi connectivity index (χ0v) is 12.7. The van der Waals surface area contributed by atoms with E-state index in [0.29, 0.717) is 12.2 Å². The van der Waals surface area contributed by atoms with Gasteiger partial charge in [-0.1, -0.05) is 6.07 Å². The SMILES string of the molecule is O=C(Nc1ccc2c(c1)CNC2)c1cc(C(F)(F)F)c2cn[nH]c2n1. The molecule has 6 nitrogen and oxygen atoms in total. The summed E-state index contributed by atoms with van der Waals surface area (Å²) in [4.78, 5) is 16.3. The van der Waals surface area contributed by atoms with Gasteiger partial charge in [-0.25, -0.2) is 4.98 Å². The first kappa shape index (κ1) is 15.6. The summed E-state index contributed by atoms with van der Waals surface area (Å²) in [6.07, 6.45) is -3.57. The van der Waals surface area contributed by atoms with Crippen LogP contribution in [0, 0.1) is 0 Å². The Morgan fingerprint density at radius 1 is 1.16 bits per heavy atom. The summed E-state index contributed by atoms with van der Waals surface area (Å²) in [6.45, 7) is 1.45. The predicted molar refractivity (Wildman–Crippen MR) is 83.8 cm³/mol. The quantitative estimate of drug-likeness (QED) is 0.666. The summed E-state index contributed by atoms with van der Waals surface area (Å²) in [7, 11) is 0. The van der Waals surface area contributed by atoms with Gasteiger partial charge in [0, 0.05) is 18.8 Å². The van der Waals surface area contributed by atoms with Crippen molar-refractivity contribution in [1.29, 1.82) is 0 Å². The number of rotatable bonds is 2. The molecule has 0 saturated carbocycles. The molecule has 0 fully saturated rings. The van der Waals surface area contributed by atoms with Gasteiger partial charge in [0.25, 0.3) is 5.91 Å². The molecule has 2 aromatic heterocycles. The van der Waals surface area contributed by atoms with Crippen molar-refractivity contribution in [1.82, 2.24) is 20.5 Å². The number of nitrogens with one attached hydrogen (secondary N) is 3. The monoisotopic (exact) mass is 347 g/mol. The fourth-order valence-corrected chi connectivity index (χ4v) is 2.85. The Bertz CT molecular complexity index is 980. The van der Waals surface area contributed by atoms with E-state index < -0.39 is 17.6 Å². The van der Waals surface area contributed by atoms with Crippen molar-refractivity contribution in [2.75, 3.05) is 5.32 Å². The molecule has 1 aliphatic heterocycles. The highest BCUT2D eigenvalue weighted by Crippen LogP contribution is 2.34. The number of nitrogens with zero attached hydrogens (tertiary/aromatic N) is 2. The number of carbonyl (C=O) groups excluding carboxylic acids is 1.